The summed E-state index contributed by atoms with van der Waals surface area (Å²) in [5.41, 5.74) is 1.87. The maximum Gasteiger partial charge on any atom is 0.142 e. The minimum Gasteiger partial charge on any atom is -0.497 e. The molecule has 0 aliphatic heterocycles. The van der Waals surface area contributed by atoms with Gasteiger partial charge in [0, 0.05) is 10.8 Å². The molecule has 1 fully saturated rings. The summed E-state index contributed by atoms with van der Waals surface area (Å²) < 4.78 is 23.1. The van der Waals surface area contributed by atoms with Crippen LogP contribution >= 0.6 is 33.9 Å². The van der Waals surface area contributed by atoms with Crippen molar-refractivity contribution in [2.24, 2.45) is 0 Å². The largest absolute Gasteiger partial charge is 0.497 e. The van der Waals surface area contributed by atoms with E-state index < -0.39 is 12.3 Å². The van der Waals surface area contributed by atoms with Crippen molar-refractivity contribution in [2.75, 3.05) is 7.11 Å². The maximum atomic E-state index is 13.8. The number of fused-ring (bicyclic) bond motifs is 1. The molecule has 144 valence electrons. The summed E-state index contributed by atoms with van der Waals surface area (Å²) >= 11 is 3.59. The summed E-state index contributed by atoms with van der Waals surface area (Å²) in [6.07, 6.45) is 1.98. The van der Waals surface area contributed by atoms with E-state index in [-0.39, 0.29) is 5.92 Å². The molecular formula is C18H15FIN5O2S. The summed E-state index contributed by atoms with van der Waals surface area (Å²) in [5.74, 6) is 0.582. The predicted octanol–water partition coefficient (Wildman–Crippen LogP) is 3.50. The maximum absolute atomic E-state index is 13.8. The van der Waals surface area contributed by atoms with E-state index in [1.165, 1.54) is 11.3 Å². The predicted molar refractivity (Wildman–Crippen MR) is 110 cm³/mol. The Morgan fingerprint density at radius 3 is 2.79 bits per heavy atom. The lowest BCUT2D eigenvalue weighted by Crippen LogP contribution is -2.08. The van der Waals surface area contributed by atoms with Crippen LogP contribution in [0.1, 0.15) is 34.7 Å². The van der Waals surface area contributed by atoms with E-state index in [2.05, 4.69) is 37.9 Å². The van der Waals surface area contributed by atoms with Crippen LogP contribution in [0.3, 0.4) is 0 Å². The third-order valence-electron chi connectivity index (χ3n) is 4.85. The van der Waals surface area contributed by atoms with Crippen molar-refractivity contribution in [3.63, 3.8) is 0 Å². The number of alkyl halides is 1. The minimum absolute atomic E-state index is 0.163. The molecule has 0 saturated heterocycles. The van der Waals surface area contributed by atoms with Gasteiger partial charge in [-0.1, -0.05) is 5.21 Å². The molecule has 0 spiro atoms. The molecule has 10 heteroatoms. The fraction of sp³-hybridized carbons (Fsp3) is 0.278. The van der Waals surface area contributed by atoms with Crippen LogP contribution in [0.15, 0.2) is 36.8 Å². The van der Waals surface area contributed by atoms with Gasteiger partial charge in [-0.05, 0) is 53.3 Å². The number of rotatable bonds is 5. The quantitative estimate of drug-likeness (QED) is 0.416. The number of aliphatic hydroxyl groups excluding tert-OH is 1. The molecule has 4 aromatic rings. The molecule has 1 N–H and O–H groups in total. The highest BCUT2D eigenvalue weighted by Crippen LogP contribution is 2.49. The highest BCUT2D eigenvalue weighted by Gasteiger charge is 2.43. The first-order valence-corrected chi connectivity index (χ1v) is 10.5. The second-order valence-electron chi connectivity index (χ2n) is 6.59. The van der Waals surface area contributed by atoms with Crippen LogP contribution in [0.5, 0.6) is 5.75 Å². The third-order valence-corrected chi connectivity index (χ3v) is 7.11. The molecule has 5 rings (SSSR count). The molecule has 3 unspecified atom stereocenters. The van der Waals surface area contributed by atoms with Gasteiger partial charge < -0.3 is 9.84 Å². The summed E-state index contributed by atoms with van der Waals surface area (Å²) in [5, 5.41) is 19.6. The van der Waals surface area contributed by atoms with Gasteiger partial charge in [0.1, 0.15) is 38.6 Å². The highest BCUT2D eigenvalue weighted by atomic mass is 127. The second-order valence-corrected chi connectivity index (χ2v) is 8.67. The molecule has 7 nitrogen and oxygen atoms in total. The molecule has 1 aliphatic rings. The average molecular weight is 511 g/mol. The summed E-state index contributed by atoms with van der Waals surface area (Å²) in [7, 11) is 1.61. The monoisotopic (exact) mass is 511 g/mol. The molecule has 28 heavy (non-hydrogen) atoms. The number of halogens is 2. The van der Waals surface area contributed by atoms with Gasteiger partial charge in [-0.2, -0.15) is 0 Å². The summed E-state index contributed by atoms with van der Waals surface area (Å²) in [6, 6.07) is 7.41. The lowest BCUT2D eigenvalue weighted by atomic mass is 10.1. The normalized spacial score (nSPS) is 19.9. The topological polar surface area (TPSA) is 77.5 Å². The standard InChI is InChI=1S/C18H15FIN5O2S/c1-27-10-4-2-9(3-5-10)25-18(20)14(22-23-25)16(26)15-17(11-6-12(11)19)28-13-7-21-8-24(13)15/h2-5,7-8,11-12,16,26H,6H2,1H3. The molecular weight excluding hydrogens is 496 g/mol. The Morgan fingerprint density at radius 1 is 1.36 bits per heavy atom. The van der Waals surface area contributed by atoms with Crippen LogP contribution in [0.4, 0.5) is 4.39 Å². The van der Waals surface area contributed by atoms with Crippen molar-refractivity contribution < 1.29 is 14.2 Å². The first-order chi connectivity index (χ1) is 13.6. The number of thiazole rings is 1. The fourth-order valence-corrected chi connectivity index (χ4v) is 5.33. The van der Waals surface area contributed by atoms with E-state index in [4.69, 9.17) is 4.74 Å². The Balaban J connectivity index is 1.56. The highest BCUT2D eigenvalue weighted by molar-refractivity contribution is 14.1. The molecule has 1 aliphatic carbocycles. The first-order valence-electron chi connectivity index (χ1n) is 8.60. The number of benzene rings is 1. The van der Waals surface area contributed by atoms with Crippen molar-refractivity contribution >= 4 is 38.8 Å². The van der Waals surface area contributed by atoms with Gasteiger partial charge in [-0.15, -0.1) is 16.4 Å². The number of aliphatic hydroxyl groups is 1. The van der Waals surface area contributed by atoms with Crippen molar-refractivity contribution in [3.05, 3.63) is 56.8 Å². The van der Waals surface area contributed by atoms with E-state index in [1.54, 1.807) is 24.3 Å². The SMILES string of the molecule is COc1ccc(-n2nnc(C(O)c3c(C4CC4F)sc4cncn34)c2I)cc1. The van der Waals surface area contributed by atoms with Crippen molar-refractivity contribution in [1.29, 1.82) is 0 Å². The number of nitrogens with zero attached hydrogens (tertiary/aromatic N) is 5. The van der Waals surface area contributed by atoms with Gasteiger partial charge in [0.2, 0.25) is 0 Å². The molecule has 0 radical (unpaired) electrons. The van der Waals surface area contributed by atoms with Crippen LogP contribution < -0.4 is 4.74 Å². The zero-order chi connectivity index (χ0) is 19.4. The van der Waals surface area contributed by atoms with Crippen molar-refractivity contribution in [2.45, 2.75) is 24.6 Å². The van der Waals surface area contributed by atoms with Crippen molar-refractivity contribution in [1.82, 2.24) is 24.4 Å². The smallest absolute Gasteiger partial charge is 0.142 e. The second kappa shape index (κ2) is 6.78. The van der Waals surface area contributed by atoms with Gasteiger partial charge in [0.25, 0.3) is 0 Å². The fourth-order valence-electron chi connectivity index (χ4n) is 3.26. The molecule has 1 aromatic carbocycles. The molecule has 3 atom stereocenters. The zero-order valence-corrected chi connectivity index (χ0v) is 17.6. The van der Waals surface area contributed by atoms with Gasteiger partial charge in [-0.25, -0.2) is 14.1 Å². The molecule has 0 bridgehead atoms. The van der Waals surface area contributed by atoms with E-state index in [0.717, 1.165) is 21.1 Å². The van der Waals surface area contributed by atoms with Crippen molar-refractivity contribution in [3.8, 4) is 11.4 Å². The van der Waals surface area contributed by atoms with E-state index in [0.29, 0.717) is 21.5 Å². The van der Waals surface area contributed by atoms with Crippen LogP contribution in [-0.2, 0) is 0 Å². The Morgan fingerprint density at radius 2 is 2.11 bits per heavy atom. The van der Waals surface area contributed by atoms with Crippen LogP contribution in [0.2, 0.25) is 0 Å². The molecule has 1 saturated carbocycles. The van der Waals surface area contributed by atoms with Gasteiger partial charge in [0.15, 0.2) is 0 Å². The van der Waals surface area contributed by atoms with Crippen LogP contribution in [0, 0.1) is 3.70 Å². The number of aromatic nitrogens is 5. The number of methoxy groups -OCH3 is 1. The number of hydrogen-bond donors (Lipinski definition) is 1. The average Bonchev–Trinajstić information content (AvgIpc) is 3.05. The first kappa shape index (κ1) is 18.0. The van der Waals surface area contributed by atoms with E-state index in [9.17, 15) is 9.50 Å². The van der Waals surface area contributed by atoms with Crippen LogP contribution in [0.25, 0.3) is 10.5 Å². The third kappa shape index (κ3) is 2.81. The Kier molecular flexibility index (Phi) is 4.36. The van der Waals surface area contributed by atoms with Gasteiger partial charge >= 0.3 is 0 Å². The Labute approximate surface area is 176 Å². The van der Waals surface area contributed by atoms with Gasteiger partial charge in [-0.3, -0.25) is 4.40 Å². The van der Waals surface area contributed by atoms with E-state index >= 15 is 0 Å². The minimum atomic E-state index is -1.02. The number of ether oxygens (including phenoxy) is 1. The number of imidazole rings is 1. The zero-order valence-electron chi connectivity index (χ0n) is 14.7. The number of hydrogen-bond acceptors (Lipinski definition) is 6. The summed E-state index contributed by atoms with van der Waals surface area (Å²) in [6.45, 7) is 0. The molecule has 0 amide bonds. The summed E-state index contributed by atoms with van der Waals surface area (Å²) in [4.78, 5) is 5.87. The lowest BCUT2D eigenvalue weighted by Gasteiger charge is -2.11. The molecule has 3 heterocycles. The van der Waals surface area contributed by atoms with Crippen LogP contribution in [-0.4, -0.2) is 42.8 Å². The van der Waals surface area contributed by atoms with Gasteiger partial charge in [0.05, 0.1) is 24.7 Å². The Hall–Kier alpha value is -2.05. The lowest BCUT2D eigenvalue weighted by molar-refractivity contribution is 0.207. The Bertz CT molecular complexity index is 1150. The molecule has 3 aromatic heterocycles. The van der Waals surface area contributed by atoms with E-state index in [1.807, 2.05) is 28.7 Å².